The number of benzene rings is 2. The average Bonchev–Trinajstić information content (AvgIpc) is 2.35. The van der Waals surface area contributed by atoms with Gasteiger partial charge in [0.25, 0.3) is 0 Å². The van der Waals surface area contributed by atoms with Crippen molar-refractivity contribution in [2.45, 2.75) is 11.8 Å². The molecule has 0 saturated heterocycles. The summed E-state index contributed by atoms with van der Waals surface area (Å²) in [6.45, 7) is 1.61. The summed E-state index contributed by atoms with van der Waals surface area (Å²) in [4.78, 5) is -0.106. The highest BCUT2D eigenvalue weighted by Gasteiger charge is 2.12. The molecule has 2 rings (SSSR count). The minimum Gasteiger partial charge on any atom is -0.456 e. The predicted octanol–water partition coefficient (Wildman–Crippen LogP) is 3.23. The molecule has 0 spiro atoms. The summed E-state index contributed by atoms with van der Waals surface area (Å²) in [5, 5.41) is 5.09. The fourth-order valence-electron chi connectivity index (χ4n) is 1.55. The van der Waals surface area contributed by atoms with Gasteiger partial charge < -0.3 is 4.74 Å². The number of hydrogen-bond acceptors (Lipinski definition) is 3. The van der Waals surface area contributed by atoms with Crippen molar-refractivity contribution in [3.05, 3.63) is 52.8 Å². The van der Waals surface area contributed by atoms with E-state index in [9.17, 15) is 12.8 Å². The van der Waals surface area contributed by atoms with Crippen LogP contribution in [-0.2, 0) is 10.0 Å². The molecule has 0 aromatic heterocycles. The highest BCUT2D eigenvalue weighted by molar-refractivity contribution is 7.89. The molecule has 2 N–H and O–H groups in total. The average molecular weight is 316 g/mol. The third-order valence-electron chi connectivity index (χ3n) is 2.59. The van der Waals surface area contributed by atoms with Gasteiger partial charge in [0.1, 0.15) is 17.3 Å². The summed E-state index contributed by atoms with van der Waals surface area (Å²) in [5.74, 6) is 0.312. The van der Waals surface area contributed by atoms with Crippen LogP contribution in [0.5, 0.6) is 11.5 Å². The van der Waals surface area contributed by atoms with Gasteiger partial charge in [0, 0.05) is 0 Å². The van der Waals surface area contributed by atoms with Crippen molar-refractivity contribution < 1.29 is 17.5 Å². The van der Waals surface area contributed by atoms with E-state index < -0.39 is 10.0 Å². The molecule has 106 valence electrons. The molecule has 2 aromatic rings. The number of sulfonamides is 1. The molecule has 0 saturated carbocycles. The van der Waals surface area contributed by atoms with Crippen LogP contribution in [0.25, 0.3) is 0 Å². The summed E-state index contributed by atoms with van der Waals surface area (Å²) in [6, 6.07) is 8.11. The van der Waals surface area contributed by atoms with Crippen molar-refractivity contribution in [2.24, 2.45) is 5.14 Å². The molecule has 0 bridgehead atoms. The van der Waals surface area contributed by atoms with Crippen molar-refractivity contribution in [3.8, 4) is 11.5 Å². The highest BCUT2D eigenvalue weighted by Crippen LogP contribution is 2.31. The molecule has 0 fully saturated rings. The third kappa shape index (κ3) is 3.27. The largest absolute Gasteiger partial charge is 0.456 e. The van der Waals surface area contributed by atoms with Crippen LogP contribution in [0.4, 0.5) is 4.39 Å². The smallest absolute Gasteiger partial charge is 0.238 e. The van der Waals surface area contributed by atoms with Crippen molar-refractivity contribution in [1.82, 2.24) is 0 Å². The molecule has 0 aliphatic heterocycles. The van der Waals surface area contributed by atoms with Gasteiger partial charge in [-0.05, 0) is 48.9 Å². The Kier molecular flexibility index (Phi) is 3.99. The lowest BCUT2D eigenvalue weighted by Gasteiger charge is -2.09. The van der Waals surface area contributed by atoms with Crippen LogP contribution in [-0.4, -0.2) is 8.42 Å². The van der Waals surface area contributed by atoms with Crippen molar-refractivity contribution in [1.29, 1.82) is 0 Å². The molecule has 0 unspecified atom stereocenters. The minimum absolute atomic E-state index is 0.0958. The Balaban J connectivity index is 2.32. The zero-order valence-corrected chi connectivity index (χ0v) is 12.0. The second-order valence-corrected chi connectivity index (χ2v) is 6.12. The summed E-state index contributed by atoms with van der Waals surface area (Å²) in [7, 11) is -3.82. The Bertz CT molecular complexity index is 762. The van der Waals surface area contributed by atoms with E-state index in [1.165, 1.54) is 36.4 Å². The van der Waals surface area contributed by atoms with Crippen LogP contribution in [0.2, 0.25) is 5.02 Å². The zero-order chi connectivity index (χ0) is 14.9. The molecule has 0 radical (unpaired) electrons. The van der Waals surface area contributed by atoms with Crippen LogP contribution in [0.15, 0.2) is 41.3 Å². The second kappa shape index (κ2) is 5.40. The van der Waals surface area contributed by atoms with E-state index in [0.29, 0.717) is 11.3 Å². The Hall–Kier alpha value is -1.63. The van der Waals surface area contributed by atoms with Gasteiger partial charge in [0.2, 0.25) is 10.0 Å². The second-order valence-electron chi connectivity index (χ2n) is 4.15. The van der Waals surface area contributed by atoms with Gasteiger partial charge in [-0.2, -0.15) is 0 Å². The lowest BCUT2D eigenvalue weighted by atomic mass is 10.2. The normalized spacial score (nSPS) is 11.4. The standard InChI is InChI=1S/C13H11ClFNO3S/c1-8-6-9(2-4-12(8)15)19-13-5-3-10(7-11(13)14)20(16,17)18/h2-7H,1H3,(H2,16,17,18). The summed E-state index contributed by atoms with van der Waals surface area (Å²) in [6.07, 6.45) is 0. The summed E-state index contributed by atoms with van der Waals surface area (Å²) >= 11 is 5.94. The number of ether oxygens (including phenoxy) is 1. The van der Waals surface area contributed by atoms with Crippen molar-refractivity contribution in [3.63, 3.8) is 0 Å². The van der Waals surface area contributed by atoms with Gasteiger partial charge in [0.15, 0.2) is 0 Å². The number of primary sulfonamides is 1. The quantitative estimate of drug-likeness (QED) is 0.945. The van der Waals surface area contributed by atoms with E-state index in [-0.39, 0.29) is 21.5 Å². The molecule has 0 atom stereocenters. The topological polar surface area (TPSA) is 69.4 Å². The first-order chi connectivity index (χ1) is 9.27. The van der Waals surface area contributed by atoms with Crippen LogP contribution >= 0.6 is 11.6 Å². The Morgan fingerprint density at radius 1 is 1.20 bits per heavy atom. The lowest BCUT2D eigenvalue weighted by molar-refractivity contribution is 0.479. The number of aryl methyl sites for hydroxylation is 1. The number of rotatable bonds is 3. The maximum absolute atomic E-state index is 13.1. The van der Waals surface area contributed by atoms with Gasteiger partial charge >= 0.3 is 0 Å². The summed E-state index contributed by atoms with van der Waals surface area (Å²) < 4.78 is 41.0. The van der Waals surface area contributed by atoms with E-state index in [4.69, 9.17) is 21.5 Å². The Morgan fingerprint density at radius 3 is 2.45 bits per heavy atom. The van der Waals surface area contributed by atoms with Gasteiger partial charge in [-0.25, -0.2) is 17.9 Å². The number of nitrogens with two attached hydrogens (primary N) is 1. The first-order valence-corrected chi connectivity index (χ1v) is 7.46. The van der Waals surface area contributed by atoms with Gasteiger partial charge in [-0.15, -0.1) is 0 Å². The Labute approximate surface area is 121 Å². The molecular weight excluding hydrogens is 305 g/mol. The molecule has 20 heavy (non-hydrogen) atoms. The maximum Gasteiger partial charge on any atom is 0.238 e. The maximum atomic E-state index is 13.1. The molecular formula is C13H11ClFNO3S. The van der Waals surface area contributed by atoms with Gasteiger partial charge in [0.05, 0.1) is 9.92 Å². The first-order valence-electron chi connectivity index (χ1n) is 5.54. The molecule has 0 heterocycles. The first kappa shape index (κ1) is 14.8. The molecule has 0 aliphatic carbocycles. The highest BCUT2D eigenvalue weighted by atomic mass is 35.5. The van der Waals surface area contributed by atoms with E-state index in [1.807, 2.05) is 0 Å². The van der Waals surface area contributed by atoms with Crippen LogP contribution < -0.4 is 9.88 Å². The van der Waals surface area contributed by atoms with Gasteiger partial charge in [-0.3, -0.25) is 0 Å². The predicted molar refractivity (Wildman–Crippen MR) is 74.0 cm³/mol. The molecule has 7 heteroatoms. The fourth-order valence-corrected chi connectivity index (χ4v) is 2.37. The van der Waals surface area contributed by atoms with Gasteiger partial charge in [-0.1, -0.05) is 11.6 Å². The van der Waals surface area contributed by atoms with Crippen LogP contribution in [0.3, 0.4) is 0 Å². The van der Waals surface area contributed by atoms with E-state index in [0.717, 1.165) is 0 Å². The molecule has 4 nitrogen and oxygen atoms in total. The molecule has 0 amide bonds. The fraction of sp³-hybridized carbons (Fsp3) is 0.0769. The monoisotopic (exact) mass is 315 g/mol. The lowest BCUT2D eigenvalue weighted by Crippen LogP contribution is -2.11. The van der Waals surface area contributed by atoms with Crippen LogP contribution in [0, 0.1) is 12.7 Å². The molecule has 0 aliphatic rings. The van der Waals surface area contributed by atoms with Crippen molar-refractivity contribution in [2.75, 3.05) is 0 Å². The number of hydrogen-bond donors (Lipinski definition) is 1. The van der Waals surface area contributed by atoms with E-state index in [2.05, 4.69) is 0 Å². The van der Waals surface area contributed by atoms with E-state index >= 15 is 0 Å². The van der Waals surface area contributed by atoms with Crippen LogP contribution in [0.1, 0.15) is 5.56 Å². The third-order valence-corrected chi connectivity index (χ3v) is 3.80. The SMILES string of the molecule is Cc1cc(Oc2ccc(S(N)(=O)=O)cc2Cl)ccc1F. The Morgan fingerprint density at radius 2 is 1.90 bits per heavy atom. The zero-order valence-electron chi connectivity index (χ0n) is 10.4. The minimum atomic E-state index is -3.82. The number of halogens is 2. The van der Waals surface area contributed by atoms with E-state index in [1.54, 1.807) is 6.92 Å². The van der Waals surface area contributed by atoms with Crippen molar-refractivity contribution >= 4 is 21.6 Å². The molecule has 2 aromatic carbocycles. The summed E-state index contributed by atoms with van der Waals surface area (Å²) in [5.41, 5.74) is 0.430.